The zero-order valence-corrected chi connectivity index (χ0v) is 16.4. The third-order valence-electron chi connectivity index (χ3n) is 5.86. The van der Waals surface area contributed by atoms with Gasteiger partial charge in [-0.25, -0.2) is 8.42 Å². The van der Waals surface area contributed by atoms with Crippen molar-refractivity contribution in [2.45, 2.75) is 43.5 Å². The first kappa shape index (κ1) is 19.2. The van der Waals surface area contributed by atoms with Crippen LogP contribution >= 0.6 is 0 Å². The molecule has 4 heterocycles. The molecule has 3 aliphatic rings. The third-order valence-corrected chi connectivity index (χ3v) is 7.78. The molecule has 3 aliphatic heterocycles. The van der Waals surface area contributed by atoms with E-state index in [2.05, 4.69) is 9.88 Å². The monoisotopic (exact) mass is 401 g/mol. The van der Waals surface area contributed by atoms with Crippen molar-refractivity contribution >= 4 is 10.0 Å². The van der Waals surface area contributed by atoms with Gasteiger partial charge in [0, 0.05) is 51.2 Å². The molecule has 0 bridgehead atoms. The second-order valence-corrected chi connectivity index (χ2v) is 10.1. The molecule has 0 amide bonds. The second-order valence-electron chi connectivity index (χ2n) is 8.22. The number of alkyl halides is 2. The minimum Gasteiger partial charge on any atom is -0.380 e. The molecule has 0 radical (unpaired) electrons. The van der Waals surface area contributed by atoms with Crippen molar-refractivity contribution in [2.75, 3.05) is 39.4 Å². The number of sulfonamides is 1. The summed E-state index contributed by atoms with van der Waals surface area (Å²) in [5.41, 5.74) is -0.268. The molecule has 0 aliphatic carbocycles. The van der Waals surface area contributed by atoms with Crippen LogP contribution in [0.5, 0.6) is 0 Å². The van der Waals surface area contributed by atoms with Crippen LogP contribution in [-0.4, -0.2) is 68.0 Å². The number of likely N-dealkylation sites (tertiary alicyclic amines) is 1. The maximum absolute atomic E-state index is 13.4. The standard InChI is InChI=1S/C18H25F2N3O3S/c1-13-15(5-6-16(21-13)17(2,19)20)27(24,25)23-11-18(12-23)9-22(10-18)14-4-3-7-26-8-14/h5-6,14H,3-4,7-12H2,1-2H3/t14-/m1/s1. The van der Waals surface area contributed by atoms with Gasteiger partial charge < -0.3 is 4.74 Å². The first-order chi connectivity index (χ1) is 12.6. The second kappa shape index (κ2) is 6.43. The van der Waals surface area contributed by atoms with Gasteiger partial charge in [-0.05, 0) is 31.9 Å². The first-order valence-electron chi connectivity index (χ1n) is 9.29. The lowest BCUT2D eigenvalue weighted by atomic mass is 9.73. The average Bonchev–Trinajstić information content (AvgIpc) is 2.52. The fourth-order valence-electron chi connectivity index (χ4n) is 4.36. The summed E-state index contributed by atoms with van der Waals surface area (Å²) in [6, 6.07) is 2.80. The van der Waals surface area contributed by atoms with E-state index in [0.29, 0.717) is 19.1 Å². The number of aromatic nitrogens is 1. The molecule has 9 heteroatoms. The van der Waals surface area contributed by atoms with Crippen LogP contribution in [0.4, 0.5) is 8.78 Å². The lowest BCUT2D eigenvalue weighted by Gasteiger charge is -2.61. The molecule has 27 heavy (non-hydrogen) atoms. The predicted octanol–water partition coefficient (Wildman–Crippen LogP) is 1.99. The highest BCUT2D eigenvalue weighted by atomic mass is 32.2. The maximum Gasteiger partial charge on any atom is 0.286 e. The number of aryl methyl sites for hydroxylation is 1. The topological polar surface area (TPSA) is 62.7 Å². The molecule has 0 saturated carbocycles. The van der Waals surface area contributed by atoms with E-state index in [4.69, 9.17) is 4.74 Å². The van der Waals surface area contributed by atoms with E-state index in [-0.39, 0.29) is 16.0 Å². The molecule has 1 aromatic rings. The summed E-state index contributed by atoms with van der Waals surface area (Å²) in [6.45, 7) is 6.55. The zero-order chi connectivity index (χ0) is 19.4. The number of pyridine rings is 1. The van der Waals surface area contributed by atoms with Gasteiger partial charge in [0.1, 0.15) is 10.6 Å². The minimum absolute atomic E-state index is 0.0159. The van der Waals surface area contributed by atoms with Gasteiger partial charge in [-0.15, -0.1) is 0 Å². The van der Waals surface area contributed by atoms with Crippen LogP contribution in [0.1, 0.15) is 31.2 Å². The van der Waals surface area contributed by atoms with Crippen LogP contribution in [-0.2, 0) is 20.7 Å². The molecule has 1 atom stereocenters. The molecule has 0 unspecified atom stereocenters. The van der Waals surface area contributed by atoms with Crippen molar-refractivity contribution in [2.24, 2.45) is 5.41 Å². The fraction of sp³-hybridized carbons (Fsp3) is 0.722. The normalized spacial score (nSPS) is 26.6. The third kappa shape index (κ3) is 3.39. The summed E-state index contributed by atoms with van der Waals surface area (Å²) in [5.74, 6) is -3.09. The Morgan fingerprint density at radius 3 is 2.52 bits per heavy atom. The number of ether oxygens (including phenoxy) is 1. The molecule has 6 nitrogen and oxygen atoms in total. The summed E-state index contributed by atoms with van der Waals surface area (Å²) in [5, 5.41) is 0. The maximum atomic E-state index is 13.4. The van der Waals surface area contributed by atoms with Crippen LogP contribution in [0.25, 0.3) is 0 Å². The Hall–Kier alpha value is -1.16. The van der Waals surface area contributed by atoms with Gasteiger partial charge in [-0.2, -0.15) is 13.1 Å². The van der Waals surface area contributed by atoms with E-state index in [1.807, 2.05) is 0 Å². The zero-order valence-electron chi connectivity index (χ0n) is 15.6. The molecule has 3 saturated heterocycles. The Morgan fingerprint density at radius 1 is 1.26 bits per heavy atom. The van der Waals surface area contributed by atoms with Crippen molar-refractivity contribution in [1.82, 2.24) is 14.2 Å². The highest BCUT2D eigenvalue weighted by Crippen LogP contribution is 2.44. The largest absolute Gasteiger partial charge is 0.380 e. The van der Waals surface area contributed by atoms with Gasteiger partial charge in [0.2, 0.25) is 10.0 Å². The molecule has 0 N–H and O–H groups in total. The molecule has 4 rings (SSSR count). The van der Waals surface area contributed by atoms with Gasteiger partial charge in [-0.3, -0.25) is 9.88 Å². The average molecular weight is 401 g/mol. The molecular formula is C18H25F2N3O3S. The van der Waals surface area contributed by atoms with Crippen molar-refractivity contribution < 1.29 is 21.9 Å². The highest BCUT2D eigenvalue weighted by Gasteiger charge is 2.56. The highest BCUT2D eigenvalue weighted by molar-refractivity contribution is 7.89. The van der Waals surface area contributed by atoms with E-state index in [1.165, 1.54) is 17.3 Å². The van der Waals surface area contributed by atoms with E-state index in [9.17, 15) is 17.2 Å². The molecule has 0 aromatic carbocycles. The minimum atomic E-state index is -3.70. The first-order valence-corrected chi connectivity index (χ1v) is 10.7. The van der Waals surface area contributed by atoms with Gasteiger partial charge in [-0.1, -0.05) is 0 Å². The number of rotatable bonds is 4. The van der Waals surface area contributed by atoms with Gasteiger partial charge in [0.15, 0.2) is 0 Å². The molecule has 3 fully saturated rings. The SMILES string of the molecule is Cc1nc(C(C)(F)F)ccc1S(=O)(=O)N1CC2(CN([C@@H]3CCCOC3)C2)C1. The number of nitrogens with zero attached hydrogens (tertiary/aromatic N) is 3. The van der Waals surface area contributed by atoms with Crippen LogP contribution in [0.15, 0.2) is 17.0 Å². The van der Waals surface area contributed by atoms with E-state index >= 15 is 0 Å². The van der Waals surface area contributed by atoms with Crippen LogP contribution in [0, 0.1) is 12.3 Å². The van der Waals surface area contributed by atoms with Crippen LogP contribution in [0.3, 0.4) is 0 Å². The number of hydrogen-bond donors (Lipinski definition) is 0. The molecule has 1 aromatic heterocycles. The Balaban J connectivity index is 1.40. The summed E-state index contributed by atoms with van der Waals surface area (Å²) in [4.78, 5) is 6.22. The van der Waals surface area contributed by atoms with Crippen LogP contribution < -0.4 is 0 Å². The lowest BCUT2D eigenvalue weighted by Crippen LogP contribution is -2.74. The Bertz CT molecular complexity index is 821. The van der Waals surface area contributed by atoms with Crippen molar-refractivity contribution in [1.29, 1.82) is 0 Å². The van der Waals surface area contributed by atoms with Crippen molar-refractivity contribution in [3.05, 3.63) is 23.5 Å². The number of halogens is 2. The van der Waals surface area contributed by atoms with Crippen molar-refractivity contribution in [3.63, 3.8) is 0 Å². The lowest BCUT2D eigenvalue weighted by molar-refractivity contribution is -0.122. The Labute approximate surface area is 158 Å². The van der Waals surface area contributed by atoms with Crippen LogP contribution in [0.2, 0.25) is 0 Å². The summed E-state index contributed by atoms with van der Waals surface area (Å²) in [6.07, 6.45) is 2.21. The van der Waals surface area contributed by atoms with E-state index < -0.39 is 21.6 Å². The quantitative estimate of drug-likeness (QED) is 0.772. The van der Waals surface area contributed by atoms with Crippen molar-refractivity contribution in [3.8, 4) is 0 Å². The molecule has 150 valence electrons. The summed E-state index contributed by atoms with van der Waals surface area (Å²) >= 11 is 0. The fourth-order valence-corrected chi connectivity index (χ4v) is 6.19. The smallest absolute Gasteiger partial charge is 0.286 e. The Morgan fingerprint density at radius 2 is 1.96 bits per heavy atom. The molecular weight excluding hydrogens is 376 g/mol. The Kier molecular flexibility index (Phi) is 4.57. The van der Waals surface area contributed by atoms with E-state index in [1.54, 1.807) is 0 Å². The number of hydrogen-bond acceptors (Lipinski definition) is 5. The van der Waals surface area contributed by atoms with Gasteiger partial charge in [0.05, 0.1) is 12.3 Å². The predicted molar refractivity (Wildman–Crippen MR) is 95.1 cm³/mol. The van der Waals surface area contributed by atoms with Gasteiger partial charge in [0.25, 0.3) is 5.92 Å². The summed E-state index contributed by atoms with van der Waals surface area (Å²) in [7, 11) is -3.70. The van der Waals surface area contributed by atoms with Gasteiger partial charge >= 0.3 is 0 Å². The van der Waals surface area contributed by atoms with E-state index in [0.717, 1.165) is 52.1 Å². The molecule has 1 spiro atoms. The summed E-state index contributed by atoms with van der Waals surface area (Å²) < 4.78 is 59.5.